The standard InChI is InChI=1S/C14H17N3O2S/c1-10-5-6-13(20-10)12(18)9-17-7-3-4-11(8-17)14(19)16-15-2/h3,5-8,15H,4,9H2,1-2H3,(H,16,19). The van der Waals surface area contributed by atoms with E-state index in [0.29, 0.717) is 12.0 Å². The Morgan fingerprint density at radius 2 is 2.20 bits per heavy atom. The Kier molecular flexibility index (Phi) is 4.70. The number of nitrogens with zero attached hydrogens (tertiary/aromatic N) is 1. The van der Waals surface area contributed by atoms with E-state index in [9.17, 15) is 9.59 Å². The van der Waals surface area contributed by atoms with E-state index in [0.717, 1.165) is 9.75 Å². The topological polar surface area (TPSA) is 61.4 Å². The number of hydrogen-bond donors (Lipinski definition) is 2. The molecule has 0 fully saturated rings. The molecule has 1 amide bonds. The predicted molar refractivity (Wildman–Crippen MR) is 79.1 cm³/mol. The van der Waals surface area contributed by atoms with E-state index in [-0.39, 0.29) is 18.2 Å². The predicted octanol–water partition coefficient (Wildman–Crippen LogP) is 1.59. The molecule has 0 saturated carbocycles. The molecular weight excluding hydrogens is 274 g/mol. The molecule has 2 heterocycles. The molecule has 1 aliphatic heterocycles. The molecule has 1 aliphatic rings. The van der Waals surface area contributed by atoms with Crippen LogP contribution in [0.5, 0.6) is 0 Å². The fourth-order valence-corrected chi connectivity index (χ4v) is 2.68. The van der Waals surface area contributed by atoms with Crippen LogP contribution in [0.15, 0.2) is 36.2 Å². The van der Waals surface area contributed by atoms with Crippen molar-refractivity contribution in [2.75, 3.05) is 13.6 Å². The number of thiophene rings is 1. The zero-order valence-corrected chi connectivity index (χ0v) is 12.3. The van der Waals surface area contributed by atoms with Crippen molar-refractivity contribution in [1.82, 2.24) is 15.8 Å². The molecule has 1 aromatic rings. The molecule has 5 nitrogen and oxygen atoms in total. The zero-order chi connectivity index (χ0) is 14.5. The lowest BCUT2D eigenvalue weighted by molar-refractivity contribution is -0.118. The highest BCUT2D eigenvalue weighted by Crippen LogP contribution is 2.18. The second-order valence-corrected chi connectivity index (χ2v) is 5.74. The highest BCUT2D eigenvalue weighted by molar-refractivity contribution is 7.14. The number of amides is 1. The van der Waals surface area contributed by atoms with Gasteiger partial charge in [0.15, 0.2) is 5.78 Å². The zero-order valence-electron chi connectivity index (χ0n) is 11.5. The summed E-state index contributed by atoms with van der Waals surface area (Å²) in [5.74, 6) is -0.124. The van der Waals surface area contributed by atoms with Crippen molar-refractivity contribution >= 4 is 23.0 Å². The van der Waals surface area contributed by atoms with Crippen molar-refractivity contribution in [2.24, 2.45) is 0 Å². The highest BCUT2D eigenvalue weighted by Gasteiger charge is 2.16. The number of nitrogens with one attached hydrogen (secondary N) is 2. The third-order valence-corrected chi connectivity index (χ3v) is 3.87. The molecule has 0 bridgehead atoms. The Hall–Kier alpha value is -1.92. The third kappa shape index (κ3) is 3.55. The van der Waals surface area contributed by atoms with Gasteiger partial charge in [-0.25, -0.2) is 5.43 Å². The van der Waals surface area contributed by atoms with Crippen LogP contribution in [-0.4, -0.2) is 30.2 Å². The van der Waals surface area contributed by atoms with Crippen molar-refractivity contribution in [3.8, 4) is 0 Å². The van der Waals surface area contributed by atoms with Gasteiger partial charge in [-0.3, -0.25) is 15.0 Å². The Bertz CT molecular complexity index is 575. The maximum absolute atomic E-state index is 12.1. The Morgan fingerprint density at radius 3 is 2.85 bits per heavy atom. The van der Waals surface area contributed by atoms with Gasteiger partial charge in [-0.2, -0.15) is 0 Å². The van der Waals surface area contributed by atoms with Crippen LogP contribution in [0.2, 0.25) is 0 Å². The van der Waals surface area contributed by atoms with E-state index in [1.165, 1.54) is 11.3 Å². The molecule has 1 aromatic heterocycles. The summed E-state index contributed by atoms with van der Waals surface area (Å²) < 4.78 is 0. The minimum atomic E-state index is -0.179. The monoisotopic (exact) mass is 291 g/mol. The summed E-state index contributed by atoms with van der Waals surface area (Å²) in [5, 5.41) is 0. The number of ketones is 1. The van der Waals surface area contributed by atoms with Crippen molar-refractivity contribution < 1.29 is 9.59 Å². The molecule has 0 aliphatic carbocycles. The number of hydrogen-bond acceptors (Lipinski definition) is 5. The Labute approximate surface area is 121 Å². The van der Waals surface area contributed by atoms with Crippen LogP contribution in [0, 0.1) is 6.92 Å². The normalized spacial score (nSPS) is 14.1. The molecular formula is C14H17N3O2S. The fraction of sp³-hybridized carbons (Fsp3) is 0.286. The average molecular weight is 291 g/mol. The number of carbonyl (C=O) groups excluding carboxylic acids is 2. The largest absolute Gasteiger partial charge is 0.346 e. The average Bonchev–Trinajstić information content (AvgIpc) is 2.86. The molecule has 0 atom stereocenters. The number of rotatable bonds is 5. The summed E-state index contributed by atoms with van der Waals surface area (Å²) in [6.45, 7) is 2.22. The lowest BCUT2D eigenvalue weighted by atomic mass is 10.1. The Morgan fingerprint density at radius 1 is 1.40 bits per heavy atom. The molecule has 20 heavy (non-hydrogen) atoms. The van der Waals surface area contributed by atoms with Crippen LogP contribution in [-0.2, 0) is 4.79 Å². The molecule has 6 heteroatoms. The van der Waals surface area contributed by atoms with Gasteiger partial charge in [-0.05, 0) is 25.5 Å². The Balaban J connectivity index is 2.02. The first-order chi connectivity index (χ1) is 9.60. The number of hydrazine groups is 1. The number of carbonyl (C=O) groups is 2. The smallest absolute Gasteiger partial charge is 0.263 e. The molecule has 2 N–H and O–H groups in total. The summed E-state index contributed by atoms with van der Waals surface area (Å²) in [6.07, 6.45) is 5.98. The van der Waals surface area contributed by atoms with Gasteiger partial charge < -0.3 is 4.90 Å². The van der Waals surface area contributed by atoms with E-state index in [1.54, 1.807) is 18.1 Å². The van der Waals surface area contributed by atoms with Crippen LogP contribution < -0.4 is 10.9 Å². The first-order valence-corrected chi connectivity index (χ1v) is 7.11. The van der Waals surface area contributed by atoms with Gasteiger partial charge in [0.1, 0.15) is 0 Å². The van der Waals surface area contributed by atoms with Crippen LogP contribution >= 0.6 is 11.3 Å². The number of aryl methyl sites for hydroxylation is 1. The van der Waals surface area contributed by atoms with E-state index < -0.39 is 0 Å². The lowest BCUT2D eigenvalue weighted by Crippen LogP contribution is -2.36. The van der Waals surface area contributed by atoms with Gasteiger partial charge in [-0.15, -0.1) is 11.3 Å². The molecule has 106 valence electrons. The van der Waals surface area contributed by atoms with Crippen molar-refractivity contribution in [2.45, 2.75) is 13.3 Å². The molecule has 2 rings (SSSR count). The maximum Gasteiger partial charge on any atom is 0.263 e. The van der Waals surface area contributed by atoms with E-state index in [2.05, 4.69) is 10.9 Å². The second-order valence-electron chi connectivity index (χ2n) is 4.45. The SMILES string of the molecule is CNNC(=O)C1=CN(CC(=O)c2ccc(C)s2)C=CC1. The minimum absolute atomic E-state index is 0.0549. The van der Waals surface area contributed by atoms with Crippen LogP contribution in [0.3, 0.4) is 0 Å². The summed E-state index contributed by atoms with van der Waals surface area (Å²) in [7, 11) is 1.64. The fourth-order valence-electron chi connectivity index (χ4n) is 1.88. The molecule has 0 spiro atoms. The highest BCUT2D eigenvalue weighted by atomic mass is 32.1. The van der Waals surface area contributed by atoms with Gasteiger partial charge in [0, 0.05) is 29.9 Å². The lowest BCUT2D eigenvalue weighted by Gasteiger charge is -2.20. The number of Topliss-reactive ketones (excluding diaryl/α,β-unsaturated/α-hetero) is 1. The number of allylic oxidation sites excluding steroid dienone is 1. The van der Waals surface area contributed by atoms with Gasteiger partial charge in [0.2, 0.25) is 0 Å². The first-order valence-electron chi connectivity index (χ1n) is 6.30. The van der Waals surface area contributed by atoms with Crippen LogP contribution in [0.25, 0.3) is 0 Å². The van der Waals surface area contributed by atoms with Crippen molar-refractivity contribution in [3.05, 3.63) is 45.9 Å². The maximum atomic E-state index is 12.1. The molecule has 0 unspecified atom stereocenters. The second kappa shape index (κ2) is 6.49. The first kappa shape index (κ1) is 14.5. The minimum Gasteiger partial charge on any atom is -0.346 e. The van der Waals surface area contributed by atoms with Gasteiger partial charge >= 0.3 is 0 Å². The molecule has 0 aromatic carbocycles. The van der Waals surface area contributed by atoms with E-state index in [4.69, 9.17) is 0 Å². The third-order valence-electron chi connectivity index (χ3n) is 2.83. The van der Waals surface area contributed by atoms with Gasteiger partial charge in [0.05, 0.1) is 11.4 Å². The summed E-state index contributed by atoms with van der Waals surface area (Å²) >= 11 is 1.49. The van der Waals surface area contributed by atoms with Crippen molar-refractivity contribution in [1.29, 1.82) is 0 Å². The van der Waals surface area contributed by atoms with Gasteiger partial charge in [0.25, 0.3) is 5.91 Å². The van der Waals surface area contributed by atoms with Gasteiger partial charge in [-0.1, -0.05) is 6.08 Å². The summed E-state index contributed by atoms with van der Waals surface area (Å²) in [6, 6.07) is 3.78. The van der Waals surface area contributed by atoms with E-state index in [1.807, 2.05) is 31.3 Å². The molecule has 0 radical (unpaired) electrons. The molecule has 0 saturated heterocycles. The quantitative estimate of drug-likeness (QED) is 0.639. The summed E-state index contributed by atoms with van der Waals surface area (Å²) in [5.41, 5.74) is 5.75. The van der Waals surface area contributed by atoms with Crippen LogP contribution in [0.4, 0.5) is 0 Å². The van der Waals surface area contributed by atoms with Crippen LogP contribution in [0.1, 0.15) is 21.0 Å². The van der Waals surface area contributed by atoms with E-state index >= 15 is 0 Å². The summed E-state index contributed by atoms with van der Waals surface area (Å²) in [4.78, 5) is 27.4. The van der Waals surface area contributed by atoms with Crippen molar-refractivity contribution in [3.63, 3.8) is 0 Å².